The van der Waals surface area contributed by atoms with Gasteiger partial charge < -0.3 is 0 Å². The standard InChI is InChI=1S/C19H22NO5.Pb/c1-3-24-17(22)15-12-19(11-10-16(15)21,18(23)25-4-2)20-13-14-8-6-5-7-9-14;/h5-9,15H,3-4,10-12H2,1-2H3;. The fraction of sp³-hybridized carbons (Fsp3) is 0.474. The molecule has 0 aromatic heterocycles. The molecular weight excluding hydrogens is 529 g/mol. The molecule has 137 valence electrons. The van der Waals surface area contributed by atoms with Crippen LogP contribution < -0.4 is 0 Å². The summed E-state index contributed by atoms with van der Waals surface area (Å²) in [5.41, 5.74) is -0.277. The molecule has 0 saturated heterocycles. The van der Waals surface area contributed by atoms with Crippen LogP contribution in [-0.4, -0.2) is 65.5 Å². The molecule has 6 nitrogen and oxygen atoms in total. The number of hydrogen-bond donors (Lipinski definition) is 0. The van der Waals surface area contributed by atoms with Gasteiger partial charge in [-0.1, -0.05) is 0 Å². The summed E-state index contributed by atoms with van der Waals surface area (Å²) in [6.45, 7) is 3.82. The molecule has 2 atom stereocenters. The minimum atomic E-state index is -1.21. The first kappa shape index (κ1) is 20.7. The van der Waals surface area contributed by atoms with E-state index >= 15 is 0 Å². The van der Waals surface area contributed by atoms with E-state index in [0.29, 0.717) is 25.8 Å². The van der Waals surface area contributed by atoms with E-state index in [0.717, 1.165) is 8.83 Å². The van der Waals surface area contributed by atoms with Gasteiger partial charge in [-0.3, -0.25) is 0 Å². The van der Waals surface area contributed by atoms with Gasteiger partial charge in [0.2, 0.25) is 0 Å². The topological polar surface area (TPSA) is 82.0 Å². The summed E-state index contributed by atoms with van der Waals surface area (Å²) in [4.78, 5) is 41.9. The first-order chi connectivity index (χ1) is 12.4. The first-order valence-corrected chi connectivity index (χ1v) is 10.6. The Balaban J connectivity index is 2.41. The Kier molecular flexibility index (Phi) is 7.48. The van der Waals surface area contributed by atoms with Crippen LogP contribution in [-0.2, 0) is 23.9 Å². The number of rotatable bonds is 6. The van der Waals surface area contributed by atoms with Crippen molar-refractivity contribution in [1.82, 2.24) is 0 Å². The molecule has 7 heteroatoms. The second kappa shape index (κ2) is 9.38. The molecule has 0 N–H and O–H groups in total. The monoisotopic (exact) mass is 552 g/mol. The fourth-order valence-corrected chi connectivity index (χ4v) is 4.47. The number of Topliss-reactive ketones (excluding diaryl/α,β-unsaturated/α-hetero) is 1. The van der Waals surface area contributed by atoms with Crippen molar-refractivity contribution in [2.45, 2.75) is 38.6 Å². The van der Waals surface area contributed by atoms with Crippen LogP contribution in [0.1, 0.15) is 38.7 Å². The fourth-order valence-electron chi connectivity index (χ4n) is 2.99. The molecule has 0 heterocycles. The van der Waals surface area contributed by atoms with Crippen molar-refractivity contribution in [3.8, 4) is 0 Å². The molecule has 0 spiro atoms. The third-order valence-electron chi connectivity index (χ3n) is 4.32. The van der Waals surface area contributed by atoms with Crippen molar-refractivity contribution in [3.63, 3.8) is 0 Å². The van der Waals surface area contributed by atoms with Crippen LogP contribution in [0.15, 0.2) is 35.3 Å². The molecule has 0 aliphatic heterocycles. The molecular formula is C19H22NO5Pb. The molecule has 1 fully saturated rings. The van der Waals surface area contributed by atoms with Crippen LogP contribution in [0.5, 0.6) is 0 Å². The summed E-state index contributed by atoms with van der Waals surface area (Å²) in [7, 11) is 0. The summed E-state index contributed by atoms with van der Waals surface area (Å²) < 4.78 is 11.1. The summed E-state index contributed by atoms with van der Waals surface area (Å²) in [6.07, 6.45) is 0.358. The maximum atomic E-state index is 12.7. The van der Waals surface area contributed by atoms with Crippen LogP contribution in [0, 0.1) is 5.92 Å². The third-order valence-corrected chi connectivity index (χ3v) is 5.87. The second-order valence-corrected chi connectivity index (χ2v) is 7.89. The van der Waals surface area contributed by atoms with Gasteiger partial charge in [0.25, 0.3) is 0 Å². The van der Waals surface area contributed by atoms with E-state index in [1.807, 2.05) is 30.3 Å². The SMILES string of the molecule is CCOC(=O)C1CC(N=[C]([Pb])c2ccccc2)(C(=O)OCC)CCC1=O. The van der Waals surface area contributed by atoms with E-state index in [9.17, 15) is 14.4 Å². The Morgan fingerprint density at radius 1 is 1.19 bits per heavy atom. The van der Waals surface area contributed by atoms with Gasteiger partial charge in [-0.15, -0.1) is 0 Å². The van der Waals surface area contributed by atoms with Crippen molar-refractivity contribution >= 4 is 46.8 Å². The summed E-state index contributed by atoms with van der Waals surface area (Å²) in [5, 5.41) is 0. The van der Waals surface area contributed by atoms with Crippen LogP contribution in [0.3, 0.4) is 0 Å². The zero-order valence-electron chi connectivity index (χ0n) is 15.0. The number of carbonyl (C=O) groups is 3. The maximum absolute atomic E-state index is 12.7. The number of benzene rings is 1. The molecule has 26 heavy (non-hydrogen) atoms. The summed E-state index contributed by atoms with van der Waals surface area (Å²) in [6, 6.07) is 9.59. The van der Waals surface area contributed by atoms with Crippen LogP contribution in [0.4, 0.5) is 0 Å². The van der Waals surface area contributed by atoms with Crippen molar-refractivity contribution in [2.24, 2.45) is 10.9 Å². The molecule has 1 aliphatic rings. The molecule has 1 saturated carbocycles. The quantitative estimate of drug-likeness (QED) is 0.233. The molecule has 1 aromatic rings. The third kappa shape index (κ3) is 4.77. The van der Waals surface area contributed by atoms with Gasteiger partial charge in [-0.05, 0) is 0 Å². The zero-order chi connectivity index (χ0) is 19.2. The normalized spacial score (nSPS) is 23.4. The number of nitrogens with zero attached hydrogens (tertiary/aromatic N) is 1. The van der Waals surface area contributed by atoms with E-state index in [1.165, 1.54) is 0 Å². The predicted molar refractivity (Wildman–Crippen MR) is 97.1 cm³/mol. The van der Waals surface area contributed by atoms with Gasteiger partial charge >= 0.3 is 169 Å². The predicted octanol–water partition coefficient (Wildman–Crippen LogP) is 1.84. The van der Waals surface area contributed by atoms with E-state index in [2.05, 4.69) is 0 Å². The molecule has 1 aromatic carbocycles. The number of carbonyl (C=O) groups excluding carboxylic acids is 3. The number of aliphatic imine (C=N–C) groups is 1. The summed E-state index contributed by atoms with van der Waals surface area (Å²) >= 11 is 0.620. The Labute approximate surface area is 169 Å². The zero-order valence-corrected chi connectivity index (χ0v) is 18.9. The van der Waals surface area contributed by atoms with Gasteiger partial charge in [0.05, 0.1) is 0 Å². The van der Waals surface area contributed by atoms with Crippen molar-refractivity contribution in [1.29, 1.82) is 0 Å². The second-order valence-electron chi connectivity index (χ2n) is 6.05. The van der Waals surface area contributed by atoms with Crippen molar-refractivity contribution in [2.75, 3.05) is 13.2 Å². The van der Waals surface area contributed by atoms with Crippen LogP contribution in [0.2, 0.25) is 0 Å². The van der Waals surface area contributed by atoms with E-state index < -0.39 is 23.4 Å². The number of esters is 2. The van der Waals surface area contributed by atoms with Crippen LogP contribution in [0.25, 0.3) is 0 Å². The number of hydrogen-bond acceptors (Lipinski definition) is 6. The Morgan fingerprint density at radius 2 is 1.85 bits per heavy atom. The van der Waals surface area contributed by atoms with Gasteiger partial charge in [0, 0.05) is 0 Å². The Morgan fingerprint density at radius 3 is 2.46 bits per heavy atom. The average molecular weight is 552 g/mol. The van der Waals surface area contributed by atoms with E-state index in [4.69, 9.17) is 14.5 Å². The van der Waals surface area contributed by atoms with E-state index in [1.54, 1.807) is 13.8 Å². The Hall–Kier alpha value is -1.58. The number of ether oxygens (including phenoxy) is 2. The molecule has 3 radical (unpaired) electrons. The first-order valence-electron chi connectivity index (χ1n) is 8.67. The van der Waals surface area contributed by atoms with Gasteiger partial charge in [-0.25, -0.2) is 0 Å². The number of ketones is 1. The summed E-state index contributed by atoms with van der Waals surface area (Å²) in [5.74, 6) is -2.24. The molecule has 2 rings (SSSR count). The van der Waals surface area contributed by atoms with Crippen molar-refractivity contribution < 1.29 is 23.9 Å². The molecule has 0 amide bonds. The van der Waals surface area contributed by atoms with Crippen LogP contribution >= 0.6 is 0 Å². The Bertz CT molecular complexity index is 703. The minimum absolute atomic E-state index is 0.00206. The van der Waals surface area contributed by atoms with Crippen molar-refractivity contribution in [3.05, 3.63) is 35.9 Å². The van der Waals surface area contributed by atoms with Gasteiger partial charge in [-0.2, -0.15) is 0 Å². The molecule has 1 aliphatic carbocycles. The van der Waals surface area contributed by atoms with E-state index in [-0.39, 0.29) is 38.3 Å². The van der Waals surface area contributed by atoms with Gasteiger partial charge in [0.15, 0.2) is 0 Å². The molecule has 0 bridgehead atoms. The van der Waals surface area contributed by atoms with Gasteiger partial charge in [0.1, 0.15) is 0 Å². The average Bonchev–Trinajstić information content (AvgIpc) is 2.64. The molecule has 2 unspecified atom stereocenters.